The third-order valence-electron chi connectivity index (χ3n) is 3.67. The first-order chi connectivity index (χ1) is 7.72. The molecule has 0 aromatic heterocycles. The Hall–Kier alpha value is -0.570. The highest BCUT2D eigenvalue weighted by molar-refractivity contribution is 5.75. The fourth-order valence-corrected chi connectivity index (χ4v) is 2.43. The molecule has 1 saturated carbocycles. The van der Waals surface area contributed by atoms with Gasteiger partial charge in [0.15, 0.2) is 0 Å². The van der Waals surface area contributed by atoms with Gasteiger partial charge in [0.2, 0.25) is 5.91 Å². The van der Waals surface area contributed by atoms with Crippen LogP contribution in [0.25, 0.3) is 0 Å². The molecule has 3 nitrogen and oxygen atoms in total. The zero-order valence-electron chi connectivity index (χ0n) is 10.4. The minimum Gasteiger partial charge on any atom is -0.396 e. The van der Waals surface area contributed by atoms with E-state index in [1.54, 1.807) is 0 Å². The van der Waals surface area contributed by atoms with Gasteiger partial charge in [-0.2, -0.15) is 0 Å². The number of rotatable bonds is 7. The summed E-state index contributed by atoms with van der Waals surface area (Å²) in [5, 5.41) is 12.4. The smallest absolute Gasteiger partial charge is 0.220 e. The number of carbonyl (C=O) groups is 1. The number of amides is 1. The van der Waals surface area contributed by atoms with Crippen LogP contribution in [0.5, 0.6) is 0 Å². The number of nitrogens with one attached hydrogen (secondary N) is 1. The van der Waals surface area contributed by atoms with Gasteiger partial charge in [-0.1, -0.05) is 32.6 Å². The summed E-state index contributed by atoms with van der Waals surface area (Å²) < 4.78 is 0. The van der Waals surface area contributed by atoms with Gasteiger partial charge in [-0.25, -0.2) is 0 Å². The molecule has 2 N–H and O–H groups in total. The van der Waals surface area contributed by atoms with Gasteiger partial charge in [-0.05, 0) is 19.3 Å². The molecule has 0 aliphatic heterocycles. The molecule has 0 heterocycles. The molecule has 0 unspecified atom stereocenters. The van der Waals surface area contributed by atoms with E-state index in [0.29, 0.717) is 13.0 Å². The lowest BCUT2D eigenvalue weighted by Crippen LogP contribution is -2.38. The molecule has 1 fully saturated rings. The summed E-state index contributed by atoms with van der Waals surface area (Å²) in [6.07, 6.45) is 8.37. The lowest BCUT2D eigenvalue weighted by atomic mass is 9.87. The van der Waals surface area contributed by atoms with E-state index < -0.39 is 0 Å². The Balaban J connectivity index is 2.19. The molecule has 1 aliphatic rings. The largest absolute Gasteiger partial charge is 0.396 e. The standard InChI is InChI=1S/C13H25NO2/c1-2-3-4-7-12(16)14-10-13(11-15)8-5-6-9-13/h15H,2-11H2,1H3,(H,14,16). The summed E-state index contributed by atoms with van der Waals surface area (Å²) in [5.74, 6) is 0.146. The molecule has 0 atom stereocenters. The van der Waals surface area contributed by atoms with E-state index in [0.717, 1.165) is 32.1 Å². The maximum atomic E-state index is 11.5. The van der Waals surface area contributed by atoms with Gasteiger partial charge >= 0.3 is 0 Å². The average Bonchev–Trinajstić information content (AvgIpc) is 2.76. The van der Waals surface area contributed by atoms with E-state index in [4.69, 9.17) is 0 Å². The maximum Gasteiger partial charge on any atom is 0.220 e. The highest BCUT2D eigenvalue weighted by atomic mass is 16.3. The van der Waals surface area contributed by atoms with E-state index >= 15 is 0 Å². The minimum absolute atomic E-state index is 0.0135. The third kappa shape index (κ3) is 4.12. The second-order valence-electron chi connectivity index (χ2n) is 5.10. The molecule has 0 aromatic carbocycles. The van der Waals surface area contributed by atoms with Crippen molar-refractivity contribution in [2.24, 2.45) is 5.41 Å². The van der Waals surface area contributed by atoms with Crippen LogP contribution in [0.3, 0.4) is 0 Å². The fraction of sp³-hybridized carbons (Fsp3) is 0.923. The van der Waals surface area contributed by atoms with Crippen molar-refractivity contribution < 1.29 is 9.90 Å². The molecule has 94 valence electrons. The molecule has 0 aromatic rings. The average molecular weight is 227 g/mol. The Morgan fingerprint density at radius 1 is 1.31 bits per heavy atom. The van der Waals surface area contributed by atoms with Crippen LogP contribution in [0.2, 0.25) is 0 Å². The molecule has 1 amide bonds. The van der Waals surface area contributed by atoms with Gasteiger partial charge in [0.25, 0.3) is 0 Å². The van der Waals surface area contributed by atoms with Gasteiger partial charge in [0, 0.05) is 18.4 Å². The van der Waals surface area contributed by atoms with Gasteiger partial charge < -0.3 is 10.4 Å². The normalized spacial score (nSPS) is 18.6. The molecule has 1 aliphatic carbocycles. The number of aliphatic hydroxyl groups excluding tert-OH is 1. The zero-order chi connectivity index (χ0) is 11.9. The summed E-state index contributed by atoms with van der Waals surface area (Å²) in [6, 6.07) is 0. The Labute approximate surface area is 98.6 Å². The summed E-state index contributed by atoms with van der Waals surface area (Å²) in [4.78, 5) is 11.5. The SMILES string of the molecule is CCCCCC(=O)NCC1(CO)CCCC1. The second-order valence-corrected chi connectivity index (χ2v) is 5.10. The van der Waals surface area contributed by atoms with Gasteiger partial charge in [-0.15, -0.1) is 0 Å². The summed E-state index contributed by atoms with van der Waals surface area (Å²) >= 11 is 0. The number of carbonyl (C=O) groups excluding carboxylic acids is 1. The van der Waals surface area contributed by atoms with E-state index in [1.165, 1.54) is 12.8 Å². The first-order valence-electron chi connectivity index (χ1n) is 6.60. The van der Waals surface area contributed by atoms with E-state index in [-0.39, 0.29) is 17.9 Å². The van der Waals surface area contributed by atoms with E-state index in [1.807, 2.05) is 0 Å². The molecule has 16 heavy (non-hydrogen) atoms. The molecule has 1 rings (SSSR count). The monoisotopic (exact) mass is 227 g/mol. The quantitative estimate of drug-likeness (QED) is 0.655. The minimum atomic E-state index is -0.0135. The first kappa shape index (κ1) is 13.5. The molecule has 0 bridgehead atoms. The van der Waals surface area contributed by atoms with Crippen molar-refractivity contribution >= 4 is 5.91 Å². The van der Waals surface area contributed by atoms with E-state index in [9.17, 15) is 9.90 Å². The molecule has 0 radical (unpaired) electrons. The Bertz CT molecular complexity index is 210. The number of hydrogen-bond acceptors (Lipinski definition) is 2. The number of unbranched alkanes of at least 4 members (excludes halogenated alkanes) is 2. The third-order valence-corrected chi connectivity index (χ3v) is 3.67. The van der Waals surface area contributed by atoms with E-state index in [2.05, 4.69) is 12.2 Å². The number of aliphatic hydroxyl groups is 1. The van der Waals surface area contributed by atoms with Crippen LogP contribution in [-0.2, 0) is 4.79 Å². The molecular formula is C13H25NO2. The van der Waals surface area contributed by atoms with Crippen molar-refractivity contribution in [2.75, 3.05) is 13.2 Å². The molecule has 3 heteroatoms. The Morgan fingerprint density at radius 2 is 2.00 bits per heavy atom. The van der Waals surface area contributed by atoms with Crippen LogP contribution in [0.4, 0.5) is 0 Å². The van der Waals surface area contributed by atoms with Crippen molar-refractivity contribution in [3.8, 4) is 0 Å². The van der Waals surface area contributed by atoms with Gasteiger partial charge in [-0.3, -0.25) is 4.79 Å². The summed E-state index contributed by atoms with van der Waals surface area (Å²) in [7, 11) is 0. The summed E-state index contributed by atoms with van der Waals surface area (Å²) in [6.45, 7) is 3.01. The Morgan fingerprint density at radius 3 is 2.56 bits per heavy atom. The van der Waals surface area contributed by atoms with Crippen LogP contribution in [0.15, 0.2) is 0 Å². The van der Waals surface area contributed by atoms with Crippen molar-refractivity contribution in [3.05, 3.63) is 0 Å². The van der Waals surface area contributed by atoms with Crippen molar-refractivity contribution in [1.82, 2.24) is 5.32 Å². The fourth-order valence-electron chi connectivity index (χ4n) is 2.43. The lowest BCUT2D eigenvalue weighted by molar-refractivity contribution is -0.121. The molecular weight excluding hydrogens is 202 g/mol. The van der Waals surface area contributed by atoms with Crippen molar-refractivity contribution in [1.29, 1.82) is 0 Å². The lowest BCUT2D eigenvalue weighted by Gasteiger charge is -2.26. The zero-order valence-corrected chi connectivity index (χ0v) is 10.4. The molecule has 0 saturated heterocycles. The predicted molar refractivity (Wildman–Crippen MR) is 65.1 cm³/mol. The highest BCUT2D eigenvalue weighted by Crippen LogP contribution is 2.36. The van der Waals surface area contributed by atoms with Gasteiger partial charge in [0.1, 0.15) is 0 Å². The first-order valence-corrected chi connectivity index (χ1v) is 6.60. The molecule has 0 spiro atoms. The predicted octanol–water partition coefficient (Wildman–Crippen LogP) is 2.24. The van der Waals surface area contributed by atoms with Gasteiger partial charge in [0.05, 0.1) is 6.61 Å². The van der Waals surface area contributed by atoms with Crippen LogP contribution in [0.1, 0.15) is 58.3 Å². The number of hydrogen-bond donors (Lipinski definition) is 2. The van der Waals surface area contributed by atoms with Crippen LogP contribution in [-0.4, -0.2) is 24.2 Å². The summed E-state index contributed by atoms with van der Waals surface area (Å²) in [5.41, 5.74) is -0.0135. The second kappa shape index (κ2) is 6.89. The Kier molecular flexibility index (Phi) is 5.81. The van der Waals surface area contributed by atoms with Crippen LogP contribution in [0, 0.1) is 5.41 Å². The van der Waals surface area contributed by atoms with Crippen molar-refractivity contribution in [2.45, 2.75) is 58.3 Å². The highest BCUT2D eigenvalue weighted by Gasteiger charge is 2.33. The van der Waals surface area contributed by atoms with Crippen LogP contribution < -0.4 is 5.32 Å². The topological polar surface area (TPSA) is 49.3 Å². The van der Waals surface area contributed by atoms with Crippen LogP contribution >= 0.6 is 0 Å². The maximum absolute atomic E-state index is 11.5. The van der Waals surface area contributed by atoms with Crippen molar-refractivity contribution in [3.63, 3.8) is 0 Å².